The molecule has 0 aromatic rings. The summed E-state index contributed by atoms with van der Waals surface area (Å²) in [6.07, 6.45) is 10.5. The van der Waals surface area contributed by atoms with E-state index in [9.17, 15) is 0 Å². The summed E-state index contributed by atoms with van der Waals surface area (Å²) in [4.78, 5) is 0. The molecule has 0 saturated heterocycles. The second-order valence-electron chi connectivity index (χ2n) is 2.83. The zero-order valence-corrected chi connectivity index (χ0v) is 8.90. The summed E-state index contributed by atoms with van der Waals surface area (Å²) in [6.45, 7) is 4.46. The predicted molar refractivity (Wildman–Crippen MR) is 56.8 cm³/mol. The van der Waals surface area contributed by atoms with E-state index in [-0.39, 0.29) is 0 Å². The molecule has 0 aliphatic carbocycles. The third-order valence-electron chi connectivity index (χ3n) is 1.65. The van der Waals surface area contributed by atoms with Crippen molar-refractivity contribution in [1.82, 2.24) is 0 Å². The largest absolute Gasteiger partial charge is 0.0987 e. The smallest absolute Gasteiger partial charge is 0.0319 e. The van der Waals surface area contributed by atoms with Gasteiger partial charge in [0.15, 0.2) is 0 Å². The lowest BCUT2D eigenvalue weighted by atomic mass is 10.2. The molecule has 0 spiro atoms. The van der Waals surface area contributed by atoms with Gasteiger partial charge >= 0.3 is 0 Å². The third-order valence-corrected chi connectivity index (χ3v) is 2.76. The Kier molecular flexibility index (Phi) is 10.3. The lowest BCUT2D eigenvalue weighted by Crippen LogP contribution is -1.76. The normalized spacial score (nSPS) is 12.2. The quantitative estimate of drug-likeness (QED) is 0.399. The highest BCUT2D eigenvalue weighted by atomic mass is 31.1. The van der Waals surface area contributed by atoms with Crippen molar-refractivity contribution in [3.8, 4) is 0 Å². The van der Waals surface area contributed by atoms with Crippen molar-refractivity contribution in [2.24, 2.45) is 0 Å². The summed E-state index contributed by atoms with van der Waals surface area (Å²) in [5.74, 6) is 2.34. The van der Waals surface area contributed by atoms with Gasteiger partial charge in [0.05, 0.1) is 0 Å². The molecule has 0 heterocycles. The second kappa shape index (κ2) is 10.2. The van der Waals surface area contributed by atoms with Crippen LogP contribution in [0.2, 0.25) is 0 Å². The summed E-state index contributed by atoms with van der Waals surface area (Å²) < 4.78 is 0. The summed E-state index contributed by atoms with van der Waals surface area (Å²) in [5.41, 5.74) is 0. The van der Waals surface area contributed by atoms with Crippen molar-refractivity contribution >= 4 is 8.58 Å². The molecule has 0 bridgehead atoms. The Morgan fingerprint density at radius 2 is 1.91 bits per heavy atom. The second-order valence-corrected chi connectivity index (χ2v) is 4.07. The fourth-order valence-electron chi connectivity index (χ4n) is 0.938. The van der Waals surface area contributed by atoms with Crippen molar-refractivity contribution in [3.63, 3.8) is 0 Å². The topological polar surface area (TPSA) is 0 Å². The Hall–Kier alpha value is 0.170. The van der Waals surface area contributed by atoms with E-state index >= 15 is 0 Å². The average Bonchev–Trinajstić information content (AvgIpc) is 2.03. The highest BCUT2D eigenvalue weighted by molar-refractivity contribution is 7.41. The number of hydrogen-bond donors (Lipinski definition) is 0. The van der Waals surface area contributed by atoms with Gasteiger partial charge in [0, 0.05) is 0 Å². The predicted octanol–water partition coefficient (Wildman–Crippen LogP) is 4.17. The molecule has 1 heteroatoms. The summed E-state index contributed by atoms with van der Waals surface area (Å²) >= 11 is 0. The standard InChI is InChI=1S/C10H21P/c1-3-5-7-8-10-11-9-6-4-2/h6,9,11H,3-5,7-8,10H2,1-2H3. The van der Waals surface area contributed by atoms with Gasteiger partial charge in [-0.1, -0.05) is 53.6 Å². The van der Waals surface area contributed by atoms with Gasteiger partial charge in [0.25, 0.3) is 0 Å². The minimum absolute atomic E-state index is 1.07. The van der Waals surface area contributed by atoms with Crippen LogP contribution in [0.4, 0.5) is 0 Å². The zero-order valence-electron chi connectivity index (χ0n) is 7.90. The lowest BCUT2D eigenvalue weighted by Gasteiger charge is -1.95. The molecule has 0 fully saturated rings. The van der Waals surface area contributed by atoms with Crippen LogP contribution >= 0.6 is 8.58 Å². The first kappa shape index (κ1) is 11.2. The Bertz CT molecular complexity index is 86.9. The van der Waals surface area contributed by atoms with Crippen molar-refractivity contribution in [2.75, 3.05) is 6.16 Å². The van der Waals surface area contributed by atoms with Gasteiger partial charge in [-0.05, 0) is 19.0 Å². The molecule has 11 heavy (non-hydrogen) atoms. The van der Waals surface area contributed by atoms with Crippen LogP contribution in [0.1, 0.15) is 46.0 Å². The molecule has 0 nitrogen and oxygen atoms in total. The maximum Gasteiger partial charge on any atom is -0.0319 e. The van der Waals surface area contributed by atoms with E-state index in [1.807, 2.05) is 0 Å². The number of hydrogen-bond acceptors (Lipinski definition) is 0. The third kappa shape index (κ3) is 10.2. The first-order valence-electron chi connectivity index (χ1n) is 4.80. The van der Waals surface area contributed by atoms with Gasteiger partial charge in [-0.3, -0.25) is 0 Å². The molecular formula is C10H21P. The molecule has 66 valence electrons. The van der Waals surface area contributed by atoms with Crippen molar-refractivity contribution < 1.29 is 0 Å². The minimum Gasteiger partial charge on any atom is -0.0987 e. The molecule has 1 atom stereocenters. The van der Waals surface area contributed by atoms with Gasteiger partial charge in [0.1, 0.15) is 0 Å². The van der Waals surface area contributed by atoms with E-state index in [0.29, 0.717) is 0 Å². The fraction of sp³-hybridized carbons (Fsp3) is 0.800. The molecule has 0 aromatic heterocycles. The molecule has 0 radical (unpaired) electrons. The van der Waals surface area contributed by atoms with Crippen molar-refractivity contribution in [3.05, 3.63) is 11.9 Å². The number of allylic oxidation sites excluding steroid dienone is 1. The van der Waals surface area contributed by atoms with Crippen molar-refractivity contribution in [1.29, 1.82) is 0 Å². The van der Waals surface area contributed by atoms with Crippen LogP contribution in [-0.4, -0.2) is 6.16 Å². The molecule has 0 saturated carbocycles. The van der Waals surface area contributed by atoms with E-state index in [1.165, 1.54) is 38.3 Å². The highest BCUT2D eigenvalue weighted by Crippen LogP contribution is 2.15. The van der Waals surface area contributed by atoms with Crippen LogP contribution < -0.4 is 0 Å². The first-order chi connectivity index (χ1) is 5.41. The molecule has 0 N–H and O–H groups in total. The number of unbranched alkanes of at least 4 members (excludes halogenated alkanes) is 3. The average molecular weight is 172 g/mol. The summed E-state index contributed by atoms with van der Waals surface area (Å²) in [5, 5.41) is 0. The zero-order chi connectivity index (χ0) is 8.36. The Labute approximate surface area is 73.2 Å². The first-order valence-corrected chi connectivity index (χ1v) is 6.08. The van der Waals surface area contributed by atoms with Gasteiger partial charge in [-0.15, -0.1) is 0 Å². The van der Waals surface area contributed by atoms with E-state index in [1.54, 1.807) is 0 Å². The van der Waals surface area contributed by atoms with Crippen molar-refractivity contribution in [2.45, 2.75) is 46.0 Å². The van der Waals surface area contributed by atoms with E-state index in [2.05, 4.69) is 25.7 Å². The minimum atomic E-state index is 1.07. The number of rotatable bonds is 7. The molecular weight excluding hydrogens is 151 g/mol. The monoisotopic (exact) mass is 172 g/mol. The van der Waals surface area contributed by atoms with E-state index in [0.717, 1.165) is 8.58 Å². The van der Waals surface area contributed by atoms with Crippen LogP contribution in [0.5, 0.6) is 0 Å². The molecule has 0 amide bonds. The highest BCUT2D eigenvalue weighted by Gasteiger charge is 1.85. The maximum atomic E-state index is 2.34. The van der Waals surface area contributed by atoms with Crippen LogP contribution in [0, 0.1) is 0 Å². The molecule has 0 aliphatic rings. The molecule has 0 aromatic carbocycles. The Morgan fingerprint density at radius 3 is 2.55 bits per heavy atom. The van der Waals surface area contributed by atoms with Crippen LogP contribution in [0.15, 0.2) is 11.9 Å². The van der Waals surface area contributed by atoms with Crippen LogP contribution in [0.25, 0.3) is 0 Å². The fourth-order valence-corrected chi connectivity index (χ4v) is 1.96. The van der Waals surface area contributed by atoms with Gasteiger partial charge in [0.2, 0.25) is 0 Å². The van der Waals surface area contributed by atoms with E-state index < -0.39 is 0 Å². The van der Waals surface area contributed by atoms with Crippen LogP contribution in [-0.2, 0) is 0 Å². The molecule has 0 aliphatic heterocycles. The lowest BCUT2D eigenvalue weighted by molar-refractivity contribution is 0.706. The van der Waals surface area contributed by atoms with Gasteiger partial charge in [-0.25, -0.2) is 0 Å². The Balaban J connectivity index is 2.85. The molecule has 0 rings (SSSR count). The van der Waals surface area contributed by atoms with Gasteiger partial charge in [-0.2, -0.15) is 0 Å². The Morgan fingerprint density at radius 1 is 1.09 bits per heavy atom. The van der Waals surface area contributed by atoms with Crippen LogP contribution in [0.3, 0.4) is 0 Å². The van der Waals surface area contributed by atoms with E-state index in [4.69, 9.17) is 0 Å². The summed E-state index contributed by atoms with van der Waals surface area (Å²) in [7, 11) is 1.07. The summed E-state index contributed by atoms with van der Waals surface area (Å²) in [6, 6.07) is 0. The SMILES string of the molecule is CCC=CPCCCCCC. The maximum absolute atomic E-state index is 2.34. The van der Waals surface area contributed by atoms with Gasteiger partial charge < -0.3 is 0 Å². The molecule has 1 unspecified atom stereocenters.